The Morgan fingerprint density at radius 3 is 1.38 bits per heavy atom. The number of pyridine rings is 2. The molecule has 6 aromatic rings. The quantitative estimate of drug-likeness (QED) is 0.0788. The van der Waals surface area contributed by atoms with E-state index in [1.807, 2.05) is 57.7 Å². The third-order valence-corrected chi connectivity index (χ3v) is 13.7. The van der Waals surface area contributed by atoms with Crippen LogP contribution in [0.25, 0.3) is 39.7 Å². The van der Waals surface area contributed by atoms with E-state index in [-0.39, 0.29) is 0 Å². The summed E-state index contributed by atoms with van der Waals surface area (Å²) in [6.07, 6.45) is 21.8. The van der Waals surface area contributed by atoms with E-state index in [9.17, 15) is 0 Å². The lowest BCUT2D eigenvalue weighted by Gasteiger charge is -2.23. The topological polar surface area (TPSA) is 29.0 Å². The van der Waals surface area contributed by atoms with Gasteiger partial charge in [0.1, 0.15) is 11.6 Å². The molecular formula is C40H49N3S4. The summed E-state index contributed by atoms with van der Waals surface area (Å²) in [7, 11) is 0. The van der Waals surface area contributed by atoms with Crippen molar-refractivity contribution < 1.29 is 0 Å². The van der Waals surface area contributed by atoms with Crippen molar-refractivity contribution in [1.29, 1.82) is 0 Å². The van der Waals surface area contributed by atoms with Gasteiger partial charge in [0.05, 0.1) is 0 Å². The molecule has 0 spiro atoms. The molecule has 0 aromatic carbocycles. The Kier molecular flexibility index (Phi) is 12.5. The molecule has 3 nitrogen and oxygen atoms in total. The number of hydrogen-bond acceptors (Lipinski definition) is 7. The number of unbranched alkanes of at least 4 members (excludes halogenated alkanes) is 9. The first-order valence-electron chi connectivity index (χ1n) is 17.9. The number of aromatic nitrogens is 2. The summed E-state index contributed by atoms with van der Waals surface area (Å²) in [5, 5.41) is 0. The molecule has 0 fully saturated rings. The molecule has 0 bridgehead atoms. The smallest absolute Gasteiger partial charge is 0.134 e. The molecule has 6 heterocycles. The minimum atomic E-state index is 0.911. The number of fused-ring (bicyclic) bond motifs is 2. The predicted octanol–water partition coefficient (Wildman–Crippen LogP) is 14.3. The third-order valence-electron chi connectivity index (χ3n) is 8.92. The van der Waals surface area contributed by atoms with Crippen LogP contribution in [0.1, 0.15) is 108 Å². The molecule has 0 saturated heterocycles. The lowest BCUT2D eigenvalue weighted by molar-refractivity contribution is 0.664. The Labute approximate surface area is 297 Å². The van der Waals surface area contributed by atoms with E-state index in [4.69, 9.17) is 9.97 Å². The van der Waals surface area contributed by atoms with Crippen LogP contribution >= 0.6 is 45.3 Å². The Morgan fingerprint density at radius 1 is 0.489 bits per heavy atom. The number of aryl methyl sites for hydroxylation is 2. The Balaban J connectivity index is 1.22. The number of hydrogen-bond donors (Lipinski definition) is 0. The van der Waals surface area contributed by atoms with Gasteiger partial charge in [0, 0.05) is 57.2 Å². The zero-order valence-electron chi connectivity index (χ0n) is 28.4. The summed E-state index contributed by atoms with van der Waals surface area (Å²) in [5.41, 5.74) is 2.48. The molecule has 0 amide bonds. The van der Waals surface area contributed by atoms with Crippen molar-refractivity contribution >= 4 is 75.8 Å². The van der Waals surface area contributed by atoms with Crippen molar-refractivity contribution in [2.75, 3.05) is 11.4 Å². The van der Waals surface area contributed by atoms with E-state index < -0.39 is 0 Å². The number of anilines is 2. The van der Waals surface area contributed by atoms with Gasteiger partial charge >= 0.3 is 0 Å². The van der Waals surface area contributed by atoms with Crippen LogP contribution in [0.5, 0.6) is 0 Å². The molecule has 0 aliphatic carbocycles. The fourth-order valence-corrected chi connectivity index (χ4v) is 11.2. The maximum Gasteiger partial charge on any atom is 0.134 e. The summed E-state index contributed by atoms with van der Waals surface area (Å²) >= 11 is 7.79. The van der Waals surface area contributed by atoms with E-state index >= 15 is 0 Å². The van der Waals surface area contributed by atoms with Gasteiger partial charge in [-0.05, 0) is 91.8 Å². The third kappa shape index (κ3) is 8.91. The van der Waals surface area contributed by atoms with E-state index in [1.54, 1.807) is 0 Å². The van der Waals surface area contributed by atoms with E-state index in [1.165, 1.54) is 133 Å². The summed E-state index contributed by atoms with van der Waals surface area (Å²) in [6, 6.07) is 18.5. The summed E-state index contributed by atoms with van der Waals surface area (Å²) in [6.45, 7) is 7.75. The number of thiophene rings is 4. The fraction of sp³-hybridized carbons (Fsp3) is 0.450. The Morgan fingerprint density at radius 2 is 0.936 bits per heavy atom. The number of nitrogens with zero attached hydrogens (tertiary/aromatic N) is 3. The highest BCUT2D eigenvalue weighted by Crippen LogP contribution is 2.41. The van der Waals surface area contributed by atoms with Crippen LogP contribution in [0.15, 0.2) is 60.9 Å². The van der Waals surface area contributed by atoms with Crippen LogP contribution in [0.4, 0.5) is 11.6 Å². The lowest BCUT2D eigenvalue weighted by atomic mass is 10.1. The molecular weight excluding hydrogens is 651 g/mol. The molecule has 248 valence electrons. The van der Waals surface area contributed by atoms with Gasteiger partial charge in [-0.1, -0.05) is 78.6 Å². The zero-order valence-corrected chi connectivity index (χ0v) is 31.6. The minimum absolute atomic E-state index is 0.911. The number of rotatable bonds is 19. The van der Waals surface area contributed by atoms with E-state index in [2.05, 4.69) is 74.2 Å². The standard InChI is InChI=1S/C40H49N3S4/c1-4-7-10-13-16-31-25-35-37(44-31)27-33(46-35)29-18-20-41-39(23-29)43(22-15-12-9-6-3)40-24-30(19-21-42-40)34-28-38-36(47-34)26-32(45-38)17-14-11-8-5-2/h18-21,23-28H,4-17,22H2,1-3H3. The Hall–Kier alpha value is -2.58. The van der Waals surface area contributed by atoms with Gasteiger partial charge in [-0.2, -0.15) is 0 Å². The van der Waals surface area contributed by atoms with Gasteiger partial charge < -0.3 is 4.90 Å². The van der Waals surface area contributed by atoms with Gasteiger partial charge in [-0.25, -0.2) is 9.97 Å². The van der Waals surface area contributed by atoms with Crippen LogP contribution in [0.2, 0.25) is 0 Å². The molecule has 0 atom stereocenters. The average molecular weight is 700 g/mol. The highest BCUT2D eigenvalue weighted by atomic mass is 32.1. The summed E-state index contributed by atoms with van der Waals surface area (Å²) in [5.74, 6) is 1.97. The lowest BCUT2D eigenvalue weighted by Crippen LogP contribution is -2.20. The molecule has 6 aromatic heterocycles. The zero-order chi connectivity index (χ0) is 32.4. The van der Waals surface area contributed by atoms with Crippen LogP contribution in [0, 0.1) is 0 Å². The Bertz CT molecular complexity index is 1650. The molecule has 0 unspecified atom stereocenters. The average Bonchev–Trinajstić information content (AvgIpc) is 3.86. The van der Waals surface area contributed by atoms with Crippen molar-refractivity contribution in [3.63, 3.8) is 0 Å². The minimum Gasteiger partial charge on any atom is -0.311 e. The van der Waals surface area contributed by atoms with Gasteiger partial charge in [0.2, 0.25) is 0 Å². The molecule has 0 N–H and O–H groups in total. The molecule has 0 radical (unpaired) electrons. The van der Waals surface area contributed by atoms with Crippen molar-refractivity contribution in [1.82, 2.24) is 9.97 Å². The van der Waals surface area contributed by atoms with Crippen LogP contribution in [-0.4, -0.2) is 16.5 Å². The molecule has 0 saturated carbocycles. The summed E-state index contributed by atoms with van der Waals surface area (Å²) in [4.78, 5) is 17.9. The van der Waals surface area contributed by atoms with Gasteiger partial charge in [0.25, 0.3) is 0 Å². The molecule has 47 heavy (non-hydrogen) atoms. The van der Waals surface area contributed by atoms with Gasteiger partial charge in [-0.3, -0.25) is 0 Å². The maximum absolute atomic E-state index is 4.92. The maximum atomic E-state index is 4.92. The van der Waals surface area contributed by atoms with Crippen LogP contribution < -0.4 is 4.90 Å². The molecule has 0 aliphatic rings. The second kappa shape index (κ2) is 17.2. The monoisotopic (exact) mass is 699 g/mol. The SMILES string of the molecule is CCCCCCc1cc2sc(-c3ccnc(N(CCCCCC)c4cc(-c5cc6sc(CCCCCC)cc6s5)ccn4)c3)cc2s1. The highest BCUT2D eigenvalue weighted by Gasteiger charge is 2.17. The van der Waals surface area contributed by atoms with Gasteiger partial charge in [0.15, 0.2) is 0 Å². The molecule has 7 heteroatoms. The molecule has 6 rings (SSSR count). The second-order valence-electron chi connectivity index (χ2n) is 12.7. The fourth-order valence-electron chi connectivity index (χ4n) is 6.24. The van der Waals surface area contributed by atoms with E-state index in [0.29, 0.717) is 0 Å². The first kappa shape index (κ1) is 34.3. The summed E-state index contributed by atoms with van der Waals surface area (Å²) < 4.78 is 5.66. The largest absolute Gasteiger partial charge is 0.311 e. The predicted molar refractivity (Wildman–Crippen MR) is 213 cm³/mol. The first-order valence-corrected chi connectivity index (χ1v) is 21.2. The van der Waals surface area contributed by atoms with Crippen molar-refractivity contribution in [3.8, 4) is 20.9 Å². The van der Waals surface area contributed by atoms with Gasteiger partial charge in [-0.15, -0.1) is 45.3 Å². The molecule has 0 aliphatic heterocycles. The van der Waals surface area contributed by atoms with Crippen molar-refractivity contribution in [2.24, 2.45) is 0 Å². The normalized spacial score (nSPS) is 11.7. The first-order chi connectivity index (χ1) is 23.1. The highest BCUT2D eigenvalue weighted by molar-refractivity contribution is 7.30. The van der Waals surface area contributed by atoms with Crippen LogP contribution in [-0.2, 0) is 12.8 Å². The van der Waals surface area contributed by atoms with Crippen molar-refractivity contribution in [2.45, 2.75) is 111 Å². The second-order valence-corrected chi connectivity index (χ2v) is 17.2. The van der Waals surface area contributed by atoms with Crippen molar-refractivity contribution in [3.05, 3.63) is 70.7 Å². The van der Waals surface area contributed by atoms with Crippen LogP contribution in [0.3, 0.4) is 0 Å². The van der Waals surface area contributed by atoms with E-state index in [0.717, 1.165) is 24.6 Å².